The van der Waals surface area contributed by atoms with Crippen LogP contribution in [0.2, 0.25) is 5.15 Å². The molecule has 0 aromatic carbocycles. The smallest absolute Gasteiger partial charge is 0.182 e. The molecule has 2 heterocycles. The van der Waals surface area contributed by atoms with E-state index >= 15 is 0 Å². The molecule has 2 rings (SSSR count). The van der Waals surface area contributed by atoms with Crippen LogP contribution >= 0.6 is 22.9 Å². The zero-order chi connectivity index (χ0) is 7.84. The highest BCUT2D eigenvalue weighted by molar-refractivity contribution is 7.21. The van der Waals surface area contributed by atoms with Gasteiger partial charge >= 0.3 is 0 Å². The molecule has 0 radical (unpaired) electrons. The zero-order valence-corrected chi connectivity index (χ0v) is 6.72. The van der Waals surface area contributed by atoms with Crippen LogP contribution in [0.4, 0.5) is 5.13 Å². The first kappa shape index (κ1) is 6.68. The molecule has 11 heavy (non-hydrogen) atoms. The van der Waals surface area contributed by atoms with E-state index in [9.17, 15) is 0 Å². The molecule has 0 bridgehead atoms. The number of thiazole rings is 1. The second kappa shape index (κ2) is 2.24. The fourth-order valence-corrected chi connectivity index (χ4v) is 1.55. The maximum atomic E-state index is 5.65. The molecule has 56 valence electrons. The summed E-state index contributed by atoms with van der Waals surface area (Å²) in [6.07, 6.45) is 0. The number of halogens is 1. The summed E-state index contributed by atoms with van der Waals surface area (Å²) in [6, 6.07) is 0. The van der Waals surface area contributed by atoms with Crippen LogP contribution in [-0.2, 0) is 0 Å². The van der Waals surface area contributed by atoms with Crippen LogP contribution in [-0.4, -0.2) is 20.4 Å². The number of hydrogen-bond donors (Lipinski definition) is 1. The minimum Gasteiger partial charge on any atom is -0.375 e. The van der Waals surface area contributed by atoms with Crippen LogP contribution in [0.25, 0.3) is 10.3 Å². The summed E-state index contributed by atoms with van der Waals surface area (Å²) in [5.41, 5.74) is 5.93. The van der Waals surface area contributed by atoms with Gasteiger partial charge in [0.25, 0.3) is 0 Å². The number of aromatic nitrogens is 4. The Balaban J connectivity index is 2.90. The average Bonchev–Trinajstić information content (AvgIpc) is 2.31. The number of nitrogens with two attached hydrogens (primary N) is 1. The van der Waals surface area contributed by atoms with Gasteiger partial charge in [0.15, 0.2) is 15.1 Å². The SMILES string of the molecule is Nc1nc2c(Cl)nnnc2s1. The number of nitrogens with zero attached hydrogens (tertiary/aromatic N) is 4. The summed E-state index contributed by atoms with van der Waals surface area (Å²) < 4.78 is 0. The third-order valence-corrected chi connectivity index (χ3v) is 2.11. The molecule has 0 aliphatic heterocycles. The summed E-state index contributed by atoms with van der Waals surface area (Å²) in [6.45, 7) is 0. The average molecular weight is 188 g/mol. The van der Waals surface area contributed by atoms with E-state index in [0.717, 1.165) is 0 Å². The molecule has 0 saturated heterocycles. The third-order valence-electron chi connectivity index (χ3n) is 1.09. The standard InChI is InChI=1S/C4H2ClN5S/c5-2-1-3(9-10-8-2)11-4(6)7-1/h(H2,6,7). The highest BCUT2D eigenvalue weighted by Gasteiger charge is 2.06. The Labute approximate surface area is 70.2 Å². The normalized spacial score (nSPS) is 10.6. The van der Waals surface area contributed by atoms with Gasteiger partial charge in [0.05, 0.1) is 0 Å². The van der Waals surface area contributed by atoms with Gasteiger partial charge in [0.2, 0.25) is 0 Å². The second-order valence-corrected chi connectivity index (χ2v) is 3.15. The summed E-state index contributed by atoms with van der Waals surface area (Å²) >= 11 is 6.88. The van der Waals surface area contributed by atoms with Crippen molar-refractivity contribution in [2.24, 2.45) is 0 Å². The van der Waals surface area contributed by atoms with Gasteiger partial charge in [-0.1, -0.05) is 22.9 Å². The fourth-order valence-electron chi connectivity index (χ4n) is 0.680. The van der Waals surface area contributed by atoms with E-state index in [-0.39, 0.29) is 5.15 Å². The van der Waals surface area contributed by atoms with Crippen molar-refractivity contribution in [2.75, 3.05) is 5.73 Å². The molecule has 2 aromatic heterocycles. The van der Waals surface area contributed by atoms with E-state index in [0.29, 0.717) is 15.5 Å². The van der Waals surface area contributed by atoms with Crippen molar-refractivity contribution in [1.82, 2.24) is 20.4 Å². The van der Waals surface area contributed by atoms with Gasteiger partial charge in [0.1, 0.15) is 5.52 Å². The summed E-state index contributed by atoms with van der Waals surface area (Å²) in [5, 5.41) is 11.3. The van der Waals surface area contributed by atoms with Crippen molar-refractivity contribution in [1.29, 1.82) is 0 Å². The number of hydrogen-bond acceptors (Lipinski definition) is 6. The van der Waals surface area contributed by atoms with Gasteiger partial charge in [-0.2, -0.15) is 0 Å². The largest absolute Gasteiger partial charge is 0.375 e. The van der Waals surface area contributed by atoms with Gasteiger partial charge in [-0.15, -0.1) is 10.2 Å². The summed E-state index contributed by atoms with van der Waals surface area (Å²) in [7, 11) is 0. The lowest BCUT2D eigenvalue weighted by molar-refractivity contribution is 0.898. The maximum absolute atomic E-state index is 5.65. The summed E-state index contributed by atoms with van der Waals surface area (Å²) in [4.78, 5) is 4.53. The molecule has 0 unspecified atom stereocenters. The van der Waals surface area contributed by atoms with Gasteiger partial charge in [0, 0.05) is 0 Å². The molecular weight excluding hydrogens is 186 g/mol. The van der Waals surface area contributed by atoms with Crippen molar-refractivity contribution in [3.63, 3.8) is 0 Å². The van der Waals surface area contributed by atoms with Crippen molar-refractivity contribution in [3.8, 4) is 0 Å². The molecule has 0 aliphatic rings. The van der Waals surface area contributed by atoms with E-state index < -0.39 is 0 Å². The Bertz CT molecular complexity index is 398. The first-order valence-electron chi connectivity index (χ1n) is 2.68. The molecular formula is C4H2ClN5S. The van der Waals surface area contributed by atoms with Crippen LogP contribution in [0.5, 0.6) is 0 Å². The number of rotatable bonds is 0. The molecule has 0 atom stereocenters. The van der Waals surface area contributed by atoms with Crippen molar-refractivity contribution in [3.05, 3.63) is 5.15 Å². The molecule has 2 N–H and O–H groups in total. The number of fused-ring (bicyclic) bond motifs is 1. The van der Waals surface area contributed by atoms with Crippen LogP contribution in [0.3, 0.4) is 0 Å². The zero-order valence-electron chi connectivity index (χ0n) is 5.15. The van der Waals surface area contributed by atoms with Gasteiger partial charge < -0.3 is 5.73 Å². The second-order valence-electron chi connectivity index (χ2n) is 1.79. The topological polar surface area (TPSA) is 77.6 Å². The lowest BCUT2D eigenvalue weighted by atomic mass is 10.6. The first-order chi connectivity index (χ1) is 5.27. The van der Waals surface area contributed by atoms with Gasteiger partial charge in [-0.3, -0.25) is 0 Å². The molecule has 7 heteroatoms. The highest BCUT2D eigenvalue weighted by atomic mass is 35.5. The number of anilines is 1. The van der Waals surface area contributed by atoms with E-state index in [1.165, 1.54) is 11.3 Å². The third kappa shape index (κ3) is 0.997. The quantitative estimate of drug-likeness (QED) is 0.658. The molecule has 0 amide bonds. The van der Waals surface area contributed by atoms with E-state index in [1.807, 2.05) is 0 Å². The predicted octanol–water partition coefficient (Wildman–Crippen LogP) is 0.717. The Morgan fingerprint density at radius 1 is 1.36 bits per heavy atom. The lowest BCUT2D eigenvalue weighted by Gasteiger charge is -1.84. The molecule has 2 aromatic rings. The van der Waals surface area contributed by atoms with Crippen molar-refractivity contribution in [2.45, 2.75) is 0 Å². The molecule has 0 aliphatic carbocycles. The number of nitrogen functional groups attached to an aromatic ring is 1. The highest BCUT2D eigenvalue weighted by Crippen LogP contribution is 2.24. The van der Waals surface area contributed by atoms with E-state index in [2.05, 4.69) is 20.4 Å². The van der Waals surface area contributed by atoms with Gasteiger partial charge in [-0.25, -0.2) is 4.98 Å². The lowest BCUT2D eigenvalue weighted by Crippen LogP contribution is -1.86. The Morgan fingerprint density at radius 2 is 2.18 bits per heavy atom. The monoisotopic (exact) mass is 187 g/mol. The maximum Gasteiger partial charge on any atom is 0.182 e. The van der Waals surface area contributed by atoms with Crippen LogP contribution in [0.15, 0.2) is 0 Å². The molecule has 0 fully saturated rings. The summed E-state index contributed by atoms with van der Waals surface area (Å²) in [5.74, 6) is 0. The van der Waals surface area contributed by atoms with Crippen LogP contribution in [0.1, 0.15) is 0 Å². The van der Waals surface area contributed by atoms with Gasteiger partial charge in [-0.05, 0) is 5.21 Å². The Hall–Kier alpha value is -1.01. The van der Waals surface area contributed by atoms with E-state index in [4.69, 9.17) is 17.3 Å². The Morgan fingerprint density at radius 3 is 2.91 bits per heavy atom. The predicted molar refractivity (Wildman–Crippen MR) is 42.4 cm³/mol. The van der Waals surface area contributed by atoms with Crippen molar-refractivity contribution >= 4 is 38.4 Å². The van der Waals surface area contributed by atoms with Crippen molar-refractivity contribution < 1.29 is 0 Å². The first-order valence-corrected chi connectivity index (χ1v) is 3.87. The molecule has 0 saturated carbocycles. The van der Waals surface area contributed by atoms with Crippen LogP contribution in [0, 0.1) is 0 Å². The fraction of sp³-hybridized carbons (Fsp3) is 0. The minimum atomic E-state index is 0.239. The minimum absolute atomic E-state index is 0.239. The molecule has 5 nitrogen and oxygen atoms in total. The molecule has 0 spiro atoms. The van der Waals surface area contributed by atoms with E-state index in [1.54, 1.807) is 0 Å². The van der Waals surface area contributed by atoms with Crippen LogP contribution < -0.4 is 5.73 Å². The Kier molecular flexibility index (Phi) is 1.36.